The largest absolute Gasteiger partial charge is 0.375 e. The van der Waals surface area contributed by atoms with Gasteiger partial charge in [-0.2, -0.15) is 0 Å². The van der Waals surface area contributed by atoms with Gasteiger partial charge >= 0.3 is 6.03 Å². The van der Waals surface area contributed by atoms with Crippen molar-refractivity contribution < 1.29 is 17.9 Å². The molecule has 112 valence electrons. The smallest absolute Gasteiger partial charge is 0.317 e. The van der Waals surface area contributed by atoms with E-state index in [2.05, 4.69) is 5.32 Å². The Morgan fingerprint density at radius 3 is 2.79 bits per heavy atom. The molecule has 0 spiro atoms. The normalized spacial score (nSPS) is 20.6. The lowest BCUT2D eigenvalue weighted by Gasteiger charge is -2.31. The quantitative estimate of drug-likeness (QED) is 0.706. The van der Waals surface area contributed by atoms with Gasteiger partial charge < -0.3 is 15.0 Å². The molecule has 0 aliphatic carbocycles. The first-order valence-electron chi connectivity index (χ1n) is 6.36. The lowest BCUT2D eigenvalue weighted by atomic mass is 10.3. The molecule has 8 heteroatoms. The molecule has 0 saturated carbocycles. The van der Waals surface area contributed by atoms with Crippen LogP contribution in [0.1, 0.15) is 13.3 Å². The first-order chi connectivity index (χ1) is 8.80. The number of amides is 2. The van der Waals surface area contributed by atoms with E-state index in [-0.39, 0.29) is 12.1 Å². The fraction of sp³-hybridized carbons (Fsp3) is 0.909. The van der Waals surface area contributed by atoms with Crippen LogP contribution in [0.5, 0.6) is 0 Å². The van der Waals surface area contributed by atoms with Gasteiger partial charge in [0.1, 0.15) is 0 Å². The lowest BCUT2D eigenvalue weighted by Crippen LogP contribution is -2.49. The van der Waals surface area contributed by atoms with E-state index in [0.29, 0.717) is 39.2 Å². The summed E-state index contributed by atoms with van der Waals surface area (Å²) in [5, 5.41) is 2.79. The van der Waals surface area contributed by atoms with E-state index in [1.807, 2.05) is 6.92 Å². The van der Waals surface area contributed by atoms with Crippen LogP contribution in [0, 0.1) is 0 Å². The van der Waals surface area contributed by atoms with Crippen LogP contribution >= 0.6 is 0 Å². The number of urea groups is 1. The number of hydrogen-bond donors (Lipinski definition) is 1. The molecule has 0 radical (unpaired) electrons. The van der Waals surface area contributed by atoms with Crippen molar-refractivity contribution in [2.24, 2.45) is 0 Å². The summed E-state index contributed by atoms with van der Waals surface area (Å²) in [6.07, 6.45) is 1.83. The summed E-state index contributed by atoms with van der Waals surface area (Å²) >= 11 is 0. The maximum atomic E-state index is 11.8. The van der Waals surface area contributed by atoms with Gasteiger partial charge in [-0.05, 0) is 13.3 Å². The number of nitrogens with zero attached hydrogens (tertiary/aromatic N) is 2. The highest BCUT2D eigenvalue weighted by molar-refractivity contribution is 7.88. The summed E-state index contributed by atoms with van der Waals surface area (Å²) in [6.45, 7) is 4.55. The number of morpholine rings is 1. The highest BCUT2D eigenvalue weighted by atomic mass is 32.2. The zero-order chi connectivity index (χ0) is 14.5. The van der Waals surface area contributed by atoms with Crippen LogP contribution in [0.2, 0.25) is 0 Å². The molecule has 1 heterocycles. The van der Waals surface area contributed by atoms with E-state index in [1.165, 1.54) is 17.6 Å². The first kappa shape index (κ1) is 16.2. The van der Waals surface area contributed by atoms with Crippen molar-refractivity contribution in [1.82, 2.24) is 14.5 Å². The van der Waals surface area contributed by atoms with Crippen molar-refractivity contribution in [1.29, 1.82) is 0 Å². The summed E-state index contributed by atoms with van der Waals surface area (Å²) in [6, 6.07) is -0.114. The van der Waals surface area contributed by atoms with E-state index in [1.54, 1.807) is 4.90 Å². The van der Waals surface area contributed by atoms with Crippen LogP contribution in [-0.4, -0.2) is 75.8 Å². The monoisotopic (exact) mass is 293 g/mol. The molecule has 1 fully saturated rings. The molecule has 19 heavy (non-hydrogen) atoms. The molecule has 0 bridgehead atoms. The van der Waals surface area contributed by atoms with Gasteiger partial charge in [0.15, 0.2) is 0 Å². The maximum absolute atomic E-state index is 11.8. The Bertz CT molecular complexity index is 399. The lowest BCUT2D eigenvalue weighted by molar-refractivity contribution is -0.00345. The zero-order valence-electron chi connectivity index (χ0n) is 11.8. The summed E-state index contributed by atoms with van der Waals surface area (Å²) in [7, 11) is -1.61. The molecule has 1 aliphatic heterocycles. The highest BCUT2D eigenvalue weighted by Gasteiger charge is 2.20. The minimum Gasteiger partial charge on any atom is -0.375 e. The number of sulfonamides is 1. The van der Waals surface area contributed by atoms with E-state index in [4.69, 9.17) is 4.74 Å². The Hall–Kier alpha value is -0.860. The van der Waals surface area contributed by atoms with E-state index in [0.717, 1.165) is 0 Å². The summed E-state index contributed by atoms with van der Waals surface area (Å²) < 4.78 is 28.9. The summed E-state index contributed by atoms with van der Waals surface area (Å²) in [5.74, 6) is 0. The number of carbonyl (C=O) groups is 1. The standard InChI is InChI=1S/C11H23N3O4S/c1-10-9-14(7-8-18-10)11(15)12-5-4-6-13(2)19(3,16)17/h10H,4-9H2,1-3H3,(H,12,15)/t10-/m0/s1. The molecule has 0 aromatic carbocycles. The Kier molecular flexibility index (Phi) is 6.02. The van der Waals surface area contributed by atoms with Gasteiger partial charge in [-0.25, -0.2) is 17.5 Å². The number of nitrogens with one attached hydrogen (secondary N) is 1. The molecule has 2 amide bonds. The number of rotatable bonds is 5. The van der Waals surface area contributed by atoms with Gasteiger partial charge in [-0.1, -0.05) is 0 Å². The molecule has 0 unspecified atom stereocenters. The van der Waals surface area contributed by atoms with Gasteiger partial charge in [0.25, 0.3) is 0 Å². The molecule has 0 aromatic heterocycles. The average molecular weight is 293 g/mol. The van der Waals surface area contributed by atoms with Crippen molar-refractivity contribution in [2.45, 2.75) is 19.4 Å². The zero-order valence-corrected chi connectivity index (χ0v) is 12.6. The summed E-state index contributed by atoms with van der Waals surface area (Å²) in [5.41, 5.74) is 0. The molecule has 1 saturated heterocycles. The summed E-state index contributed by atoms with van der Waals surface area (Å²) in [4.78, 5) is 13.5. The van der Waals surface area contributed by atoms with Crippen molar-refractivity contribution in [2.75, 3.05) is 46.1 Å². The highest BCUT2D eigenvalue weighted by Crippen LogP contribution is 2.04. The van der Waals surface area contributed by atoms with E-state index < -0.39 is 10.0 Å². The molecule has 1 atom stereocenters. The SMILES string of the molecule is C[C@H]1CN(C(=O)NCCCN(C)S(C)(=O)=O)CCO1. The first-order valence-corrected chi connectivity index (χ1v) is 8.21. The second-order valence-corrected chi connectivity index (χ2v) is 6.89. The maximum Gasteiger partial charge on any atom is 0.317 e. The van der Waals surface area contributed by atoms with Crippen molar-refractivity contribution in [3.8, 4) is 0 Å². The number of hydrogen-bond acceptors (Lipinski definition) is 4. The Balaban J connectivity index is 2.20. The topological polar surface area (TPSA) is 79.0 Å². The van der Waals surface area contributed by atoms with Gasteiger partial charge in [0.05, 0.1) is 19.0 Å². The Morgan fingerprint density at radius 1 is 1.53 bits per heavy atom. The fourth-order valence-corrected chi connectivity index (χ4v) is 2.24. The van der Waals surface area contributed by atoms with Crippen LogP contribution in [0.15, 0.2) is 0 Å². The molecule has 0 aromatic rings. The van der Waals surface area contributed by atoms with Crippen LogP contribution in [0.3, 0.4) is 0 Å². The molecule has 1 aliphatic rings. The molecule has 1 rings (SSSR count). The molecular formula is C11H23N3O4S. The molecule has 1 N–H and O–H groups in total. The molecule has 7 nitrogen and oxygen atoms in total. The Labute approximate surface area is 114 Å². The van der Waals surface area contributed by atoms with Crippen molar-refractivity contribution in [3.63, 3.8) is 0 Å². The van der Waals surface area contributed by atoms with Gasteiger partial charge in [0, 0.05) is 33.2 Å². The van der Waals surface area contributed by atoms with Crippen LogP contribution in [0.4, 0.5) is 4.79 Å². The van der Waals surface area contributed by atoms with Gasteiger partial charge in [-0.15, -0.1) is 0 Å². The van der Waals surface area contributed by atoms with E-state index >= 15 is 0 Å². The van der Waals surface area contributed by atoms with Crippen LogP contribution in [0.25, 0.3) is 0 Å². The predicted octanol–water partition coefficient (Wildman–Crippen LogP) is -0.302. The van der Waals surface area contributed by atoms with Crippen LogP contribution < -0.4 is 5.32 Å². The third-order valence-electron chi connectivity index (χ3n) is 3.02. The van der Waals surface area contributed by atoms with Crippen molar-refractivity contribution >= 4 is 16.1 Å². The average Bonchev–Trinajstić information content (AvgIpc) is 2.32. The minimum absolute atomic E-state index is 0.0656. The van der Waals surface area contributed by atoms with Gasteiger partial charge in [-0.3, -0.25) is 0 Å². The minimum atomic E-state index is -3.14. The second-order valence-electron chi connectivity index (χ2n) is 4.80. The number of ether oxygens (including phenoxy) is 1. The fourth-order valence-electron chi connectivity index (χ4n) is 1.78. The van der Waals surface area contributed by atoms with E-state index in [9.17, 15) is 13.2 Å². The third-order valence-corrected chi connectivity index (χ3v) is 4.34. The van der Waals surface area contributed by atoms with Crippen LogP contribution in [-0.2, 0) is 14.8 Å². The molecular weight excluding hydrogens is 270 g/mol. The van der Waals surface area contributed by atoms with Crippen molar-refractivity contribution in [3.05, 3.63) is 0 Å². The second kappa shape index (κ2) is 7.06. The Morgan fingerprint density at radius 2 is 2.21 bits per heavy atom. The van der Waals surface area contributed by atoms with Gasteiger partial charge in [0.2, 0.25) is 10.0 Å². The number of carbonyl (C=O) groups excluding carboxylic acids is 1. The predicted molar refractivity (Wildman–Crippen MR) is 72.5 cm³/mol. The third kappa shape index (κ3) is 5.75.